The average molecular weight is 472 g/mol. The van der Waals surface area contributed by atoms with E-state index < -0.39 is 0 Å². The van der Waals surface area contributed by atoms with Crippen LogP contribution in [-0.4, -0.2) is 0 Å². The van der Waals surface area contributed by atoms with Crippen LogP contribution in [0.3, 0.4) is 0 Å². The van der Waals surface area contributed by atoms with E-state index in [9.17, 15) is 0 Å². The molecule has 2 heterocycles. The number of allylic oxidation sites excluding steroid dienone is 2. The van der Waals surface area contributed by atoms with E-state index in [0.29, 0.717) is 0 Å². The van der Waals surface area contributed by atoms with Crippen molar-refractivity contribution in [2.24, 2.45) is 0 Å². The smallest absolute Gasteiger partial charge is 0.0771 e. The van der Waals surface area contributed by atoms with Crippen molar-refractivity contribution in [3.8, 4) is 0 Å². The molecule has 3 aromatic carbocycles. The van der Waals surface area contributed by atoms with E-state index in [1.165, 1.54) is 27.3 Å². The van der Waals surface area contributed by atoms with Crippen LogP contribution in [-0.2, 0) is 19.5 Å². The van der Waals surface area contributed by atoms with Gasteiger partial charge < -0.3 is 10.2 Å². The minimum absolute atomic E-state index is 0. The first kappa shape index (κ1) is 20.1. The molecule has 0 unspecified atom stereocenters. The molecule has 4 heteroatoms. The first-order valence-corrected chi connectivity index (χ1v) is 8.80. The van der Waals surface area contributed by atoms with Crippen LogP contribution in [0.2, 0.25) is 0 Å². The largest absolute Gasteiger partial charge is 0.359 e. The number of hydrogen-bond donors (Lipinski definition) is 1. The molecular formula is C24H19ClN2Ru. The standard InChI is InChI=1S/C24H18N2.ClH.Ru/c1-3-8-18(9-4-1)21-15-16-25-23-22(21)14-13-19-10-7-17-26(24(19)23)20-11-5-2-6-12-20;;/h1-17,25H;1H;. The molecule has 0 spiro atoms. The third-order valence-corrected chi connectivity index (χ3v) is 4.85. The Balaban J connectivity index is 0.00000112. The molecule has 3 aromatic rings. The molecule has 0 atom stereocenters. The molecule has 0 aliphatic carbocycles. The van der Waals surface area contributed by atoms with Gasteiger partial charge in [-0.05, 0) is 35.4 Å². The summed E-state index contributed by atoms with van der Waals surface area (Å²) in [6, 6.07) is 25.4. The van der Waals surface area contributed by atoms with E-state index in [0.717, 1.165) is 11.4 Å². The molecule has 0 aromatic heterocycles. The van der Waals surface area contributed by atoms with Crippen LogP contribution in [0.15, 0.2) is 97.3 Å². The Morgan fingerprint density at radius 3 is 2.25 bits per heavy atom. The zero-order valence-electron chi connectivity index (χ0n) is 15.0. The van der Waals surface area contributed by atoms with Crippen LogP contribution in [0.4, 0.5) is 17.1 Å². The Labute approximate surface area is 183 Å². The average Bonchev–Trinajstić information content (AvgIpc) is 2.74. The molecule has 2 aliphatic heterocycles. The summed E-state index contributed by atoms with van der Waals surface area (Å²) in [4.78, 5) is 2.25. The monoisotopic (exact) mass is 472 g/mol. The summed E-state index contributed by atoms with van der Waals surface area (Å²) in [6.45, 7) is 0. The molecule has 0 radical (unpaired) electrons. The van der Waals surface area contributed by atoms with Gasteiger partial charge in [-0.2, -0.15) is 0 Å². The number of benzene rings is 3. The summed E-state index contributed by atoms with van der Waals surface area (Å²) in [5.74, 6) is 0. The van der Waals surface area contributed by atoms with Crippen molar-refractivity contribution in [1.29, 1.82) is 0 Å². The topological polar surface area (TPSA) is 15.3 Å². The molecule has 0 bridgehead atoms. The second kappa shape index (κ2) is 8.60. The van der Waals surface area contributed by atoms with E-state index in [1.807, 2.05) is 12.3 Å². The predicted octanol–water partition coefficient (Wildman–Crippen LogP) is 4.69. The fourth-order valence-corrected chi connectivity index (χ4v) is 3.65. The van der Waals surface area contributed by atoms with E-state index in [4.69, 9.17) is 0 Å². The fourth-order valence-electron chi connectivity index (χ4n) is 3.65. The number of nitrogens with zero attached hydrogens (tertiary/aromatic N) is 1. The third-order valence-electron chi connectivity index (χ3n) is 4.85. The second-order valence-electron chi connectivity index (χ2n) is 6.40. The summed E-state index contributed by atoms with van der Waals surface area (Å²) in [5.41, 5.74) is 5.96. The molecule has 2 aliphatic rings. The first-order valence-electron chi connectivity index (χ1n) is 8.80. The van der Waals surface area contributed by atoms with Crippen LogP contribution in [0.1, 0.15) is 5.56 Å². The van der Waals surface area contributed by atoms with Crippen molar-refractivity contribution in [2.45, 2.75) is 0 Å². The van der Waals surface area contributed by atoms with E-state index in [1.54, 1.807) is 0 Å². The van der Waals surface area contributed by atoms with Gasteiger partial charge in [-0.15, -0.1) is 12.4 Å². The van der Waals surface area contributed by atoms with Crippen molar-refractivity contribution >= 4 is 41.1 Å². The molecule has 5 rings (SSSR count). The molecule has 0 saturated heterocycles. The van der Waals surface area contributed by atoms with Gasteiger partial charge in [-0.1, -0.05) is 66.7 Å². The number of halogens is 1. The summed E-state index contributed by atoms with van der Waals surface area (Å²) >= 11 is 0. The Morgan fingerprint density at radius 2 is 1.50 bits per heavy atom. The van der Waals surface area contributed by atoms with Crippen LogP contribution in [0.5, 0.6) is 0 Å². The van der Waals surface area contributed by atoms with Gasteiger partial charge in [0.1, 0.15) is 0 Å². The van der Waals surface area contributed by atoms with Gasteiger partial charge in [0.15, 0.2) is 0 Å². The van der Waals surface area contributed by atoms with Crippen molar-refractivity contribution < 1.29 is 19.5 Å². The summed E-state index contributed by atoms with van der Waals surface area (Å²) < 4.78 is 0. The van der Waals surface area contributed by atoms with E-state index in [-0.39, 0.29) is 31.9 Å². The van der Waals surface area contributed by atoms with Crippen molar-refractivity contribution in [3.05, 3.63) is 113 Å². The number of para-hydroxylation sites is 1. The number of nitrogens with one attached hydrogen (secondary N) is 1. The Morgan fingerprint density at radius 1 is 0.786 bits per heavy atom. The third kappa shape index (κ3) is 3.44. The van der Waals surface area contributed by atoms with Crippen molar-refractivity contribution in [1.82, 2.24) is 0 Å². The number of fused-ring (bicyclic) bond motifs is 3. The van der Waals surface area contributed by atoms with E-state index in [2.05, 4.69) is 101 Å². The fraction of sp³-hybridized carbons (Fsp3) is 0. The van der Waals surface area contributed by atoms with Crippen molar-refractivity contribution in [3.63, 3.8) is 0 Å². The van der Waals surface area contributed by atoms with Crippen LogP contribution in [0, 0.1) is 0 Å². The van der Waals surface area contributed by atoms with Gasteiger partial charge in [0.25, 0.3) is 0 Å². The zero-order valence-corrected chi connectivity index (χ0v) is 17.6. The van der Waals surface area contributed by atoms with Crippen molar-refractivity contribution in [2.75, 3.05) is 10.2 Å². The van der Waals surface area contributed by atoms with E-state index >= 15 is 0 Å². The van der Waals surface area contributed by atoms with Crippen LogP contribution >= 0.6 is 12.4 Å². The molecule has 1 N–H and O–H groups in total. The SMILES string of the molecule is C1=CN(c2ccccc2)c2c3c(ccc2=C1)=C(c1ccccc1)C=CN3.Cl.[Ru]. The zero-order chi connectivity index (χ0) is 17.3. The molecule has 0 fully saturated rings. The van der Waals surface area contributed by atoms with Crippen LogP contribution in [0.25, 0.3) is 11.6 Å². The van der Waals surface area contributed by atoms with Crippen LogP contribution < -0.4 is 20.7 Å². The van der Waals surface area contributed by atoms with Gasteiger partial charge in [0.05, 0.1) is 11.4 Å². The Hall–Kier alpha value is -2.61. The first-order chi connectivity index (χ1) is 12.9. The summed E-state index contributed by atoms with van der Waals surface area (Å²) in [6.07, 6.45) is 10.6. The molecule has 140 valence electrons. The molecule has 0 amide bonds. The maximum atomic E-state index is 3.49. The molecular weight excluding hydrogens is 453 g/mol. The minimum atomic E-state index is 0. The van der Waals surface area contributed by atoms with Gasteiger partial charge in [0, 0.05) is 48.0 Å². The summed E-state index contributed by atoms with van der Waals surface area (Å²) in [5, 5.41) is 5.93. The summed E-state index contributed by atoms with van der Waals surface area (Å²) in [7, 11) is 0. The second-order valence-corrected chi connectivity index (χ2v) is 6.40. The quantitative estimate of drug-likeness (QED) is 0.545. The predicted molar refractivity (Wildman–Crippen MR) is 117 cm³/mol. The molecule has 0 saturated carbocycles. The molecule has 2 nitrogen and oxygen atoms in total. The Kier molecular flexibility index (Phi) is 6.19. The van der Waals surface area contributed by atoms with Gasteiger partial charge >= 0.3 is 0 Å². The number of anilines is 3. The molecule has 28 heavy (non-hydrogen) atoms. The normalized spacial score (nSPS) is 13.3. The van der Waals surface area contributed by atoms with Gasteiger partial charge in [0.2, 0.25) is 0 Å². The van der Waals surface area contributed by atoms with Gasteiger partial charge in [-0.3, -0.25) is 0 Å². The number of rotatable bonds is 2. The maximum absolute atomic E-state index is 3.49. The maximum Gasteiger partial charge on any atom is 0.0771 e. The number of hydrogen-bond acceptors (Lipinski definition) is 2. The van der Waals surface area contributed by atoms with Gasteiger partial charge in [-0.25, -0.2) is 0 Å². The minimum Gasteiger partial charge on any atom is -0.359 e. The Bertz CT molecular complexity index is 1150.